The normalized spacial score (nSPS) is 13.9. The van der Waals surface area contributed by atoms with Gasteiger partial charge in [0.05, 0.1) is 16.5 Å². The zero-order valence-corrected chi connectivity index (χ0v) is 13.0. The van der Waals surface area contributed by atoms with Crippen LogP contribution in [0.15, 0.2) is 28.0 Å². The lowest BCUT2D eigenvalue weighted by Gasteiger charge is -2.13. The number of sulfonamides is 1. The Morgan fingerprint density at radius 3 is 2.33 bits per heavy atom. The van der Waals surface area contributed by atoms with Gasteiger partial charge in [-0.2, -0.15) is 4.72 Å². The van der Waals surface area contributed by atoms with Crippen LogP contribution in [0.25, 0.3) is 0 Å². The molecule has 0 radical (unpaired) electrons. The second-order valence-electron chi connectivity index (χ2n) is 4.06. The number of benzene rings is 1. The van der Waals surface area contributed by atoms with E-state index in [1.165, 1.54) is 0 Å². The van der Waals surface area contributed by atoms with E-state index in [9.17, 15) is 21.6 Å². The van der Waals surface area contributed by atoms with Crippen molar-refractivity contribution in [3.8, 4) is 0 Å². The van der Waals surface area contributed by atoms with Gasteiger partial charge < -0.3 is 10.2 Å². The number of carbonyl (C=O) groups is 1. The number of hydrogen-bond acceptors (Lipinski definition) is 6. The number of hydrogen-bond donors (Lipinski definition) is 3. The highest BCUT2D eigenvalue weighted by Gasteiger charge is 2.27. The summed E-state index contributed by atoms with van der Waals surface area (Å²) in [6.45, 7) is -0.974. The molecule has 1 aromatic rings. The lowest BCUT2D eigenvalue weighted by molar-refractivity contribution is -0.139. The van der Waals surface area contributed by atoms with Gasteiger partial charge in [-0.15, -0.1) is 0 Å². The topological polar surface area (TPSA) is 138 Å². The minimum absolute atomic E-state index is 0.281. The zero-order chi connectivity index (χ0) is 16.4. The van der Waals surface area contributed by atoms with E-state index in [-0.39, 0.29) is 9.92 Å². The van der Waals surface area contributed by atoms with Crippen molar-refractivity contribution >= 4 is 37.4 Å². The van der Waals surface area contributed by atoms with Gasteiger partial charge in [-0.1, -0.05) is 11.6 Å². The van der Waals surface area contributed by atoms with Gasteiger partial charge in [-0.25, -0.2) is 16.8 Å². The molecule has 0 aliphatic rings. The van der Waals surface area contributed by atoms with Gasteiger partial charge in [0.1, 0.15) is 10.9 Å². The van der Waals surface area contributed by atoms with Crippen molar-refractivity contribution < 1.29 is 31.8 Å². The second kappa shape index (κ2) is 6.28. The SMILES string of the molecule is CS(=O)(=O)c1ccc(Cl)c(S(=O)(=O)N[C@H](CO)C(=O)O)c1. The fourth-order valence-electron chi connectivity index (χ4n) is 1.34. The summed E-state index contributed by atoms with van der Waals surface area (Å²) < 4.78 is 48.6. The summed E-state index contributed by atoms with van der Waals surface area (Å²) in [5.41, 5.74) is 0. The maximum atomic E-state index is 12.0. The minimum Gasteiger partial charge on any atom is -0.480 e. The summed E-state index contributed by atoms with van der Waals surface area (Å²) in [4.78, 5) is 9.86. The molecule has 3 N–H and O–H groups in total. The molecular formula is C10H12ClNO7S2. The highest BCUT2D eigenvalue weighted by molar-refractivity contribution is 7.91. The summed E-state index contributed by atoms with van der Waals surface area (Å²) in [7, 11) is -8.09. The van der Waals surface area contributed by atoms with Crippen molar-refractivity contribution in [2.75, 3.05) is 12.9 Å². The van der Waals surface area contributed by atoms with Gasteiger partial charge in [0.15, 0.2) is 9.84 Å². The van der Waals surface area contributed by atoms with E-state index in [2.05, 4.69) is 0 Å². The van der Waals surface area contributed by atoms with E-state index >= 15 is 0 Å². The number of aliphatic hydroxyl groups is 1. The average molecular weight is 358 g/mol. The molecular weight excluding hydrogens is 346 g/mol. The Morgan fingerprint density at radius 2 is 1.90 bits per heavy atom. The molecule has 118 valence electrons. The van der Waals surface area contributed by atoms with Gasteiger partial charge in [0.2, 0.25) is 10.0 Å². The number of carboxylic acid groups (broad SMARTS) is 1. The van der Waals surface area contributed by atoms with Crippen LogP contribution in [0, 0.1) is 0 Å². The van der Waals surface area contributed by atoms with Crippen LogP contribution in [-0.4, -0.2) is 51.9 Å². The number of nitrogens with one attached hydrogen (secondary N) is 1. The maximum absolute atomic E-state index is 12.0. The van der Waals surface area contributed by atoms with E-state index < -0.39 is 43.4 Å². The van der Waals surface area contributed by atoms with Crippen LogP contribution in [0.4, 0.5) is 0 Å². The number of aliphatic carboxylic acids is 1. The number of sulfone groups is 1. The molecule has 0 aliphatic heterocycles. The van der Waals surface area contributed by atoms with Crippen LogP contribution in [0.5, 0.6) is 0 Å². The first-order valence-corrected chi connectivity index (χ1v) is 9.10. The summed E-state index contributed by atoms with van der Waals surface area (Å²) in [6.07, 6.45) is 0.883. The highest BCUT2D eigenvalue weighted by Crippen LogP contribution is 2.24. The van der Waals surface area contributed by atoms with Crippen molar-refractivity contribution in [1.82, 2.24) is 4.72 Å². The van der Waals surface area contributed by atoms with Crippen LogP contribution < -0.4 is 4.72 Å². The minimum atomic E-state index is -4.42. The molecule has 0 aromatic heterocycles. The largest absolute Gasteiger partial charge is 0.480 e. The van der Waals surface area contributed by atoms with Gasteiger partial charge >= 0.3 is 5.97 Å². The van der Waals surface area contributed by atoms with E-state index in [1.54, 1.807) is 4.72 Å². The molecule has 11 heteroatoms. The first-order chi connectivity index (χ1) is 9.49. The zero-order valence-electron chi connectivity index (χ0n) is 10.6. The third-order valence-electron chi connectivity index (χ3n) is 2.40. The molecule has 0 saturated carbocycles. The second-order valence-corrected chi connectivity index (χ2v) is 8.16. The third kappa shape index (κ3) is 4.38. The average Bonchev–Trinajstić information content (AvgIpc) is 2.34. The van der Waals surface area contributed by atoms with Gasteiger partial charge in [-0.3, -0.25) is 4.79 Å². The Hall–Kier alpha value is -1.20. The molecule has 21 heavy (non-hydrogen) atoms. The van der Waals surface area contributed by atoms with E-state index in [1.807, 2.05) is 0 Å². The van der Waals surface area contributed by atoms with Crippen molar-refractivity contribution in [2.24, 2.45) is 0 Å². The van der Waals surface area contributed by atoms with Crippen molar-refractivity contribution in [3.63, 3.8) is 0 Å². The Kier molecular flexibility index (Phi) is 5.34. The number of rotatable bonds is 6. The van der Waals surface area contributed by atoms with Gasteiger partial charge in [0.25, 0.3) is 0 Å². The molecule has 0 fully saturated rings. The molecule has 0 spiro atoms. The molecule has 0 heterocycles. The Morgan fingerprint density at radius 1 is 1.33 bits per heavy atom. The highest BCUT2D eigenvalue weighted by atomic mass is 35.5. The monoisotopic (exact) mass is 357 g/mol. The maximum Gasteiger partial charge on any atom is 0.324 e. The molecule has 1 atom stereocenters. The van der Waals surface area contributed by atoms with Crippen LogP contribution in [0.2, 0.25) is 5.02 Å². The molecule has 1 rings (SSSR count). The molecule has 0 unspecified atom stereocenters. The molecule has 0 saturated heterocycles. The standard InChI is InChI=1S/C10H12ClNO7S2/c1-20(16,17)6-2-3-7(11)9(4-6)21(18,19)12-8(5-13)10(14)15/h2-4,8,12-13H,5H2,1H3,(H,14,15)/t8-/m1/s1. The molecule has 1 aromatic carbocycles. The van der Waals surface area contributed by atoms with Crippen LogP contribution in [-0.2, 0) is 24.7 Å². The summed E-state index contributed by atoms with van der Waals surface area (Å²) in [6, 6.07) is 1.24. The quantitative estimate of drug-likeness (QED) is 0.622. The smallest absolute Gasteiger partial charge is 0.324 e. The summed E-state index contributed by atoms with van der Waals surface area (Å²) in [5, 5.41) is 17.3. The van der Waals surface area contributed by atoms with Gasteiger partial charge in [0, 0.05) is 6.26 Å². The fraction of sp³-hybridized carbons (Fsp3) is 0.300. The van der Waals surface area contributed by atoms with Crippen molar-refractivity contribution in [2.45, 2.75) is 15.8 Å². The number of carboxylic acids is 1. The molecule has 0 amide bonds. The molecule has 8 nitrogen and oxygen atoms in total. The van der Waals surface area contributed by atoms with E-state index in [0.29, 0.717) is 0 Å². The Bertz CT molecular complexity index is 758. The summed E-state index contributed by atoms with van der Waals surface area (Å²) >= 11 is 5.71. The van der Waals surface area contributed by atoms with Crippen LogP contribution in [0.1, 0.15) is 0 Å². The van der Waals surface area contributed by atoms with Crippen LogP contribution >= 0.6 is 11.6 Å². The summed E-state index contributed by atoms with van der Waals surface area (Å²) in [5.74, 6) is -1.59. The van der Waals surface area contributed by atoms with Crippen molar-refractivity contribution in [3.05, 3.63) is 23.2 Å². The van der Waals surface area contributed by atoms with Crippen molar-refractivity contribution in [1.29, 1.82) is 0 Å². The van der Waals surface area contributed by atoms with Gasteiger partial charge in [-0.05, 0) is 18.2 Å². The Balaban J connectivity index is 3.35. The lowest BCUT2D eigenvalue weighted by Crippen LogP contribution is -2.43. The van der Waals surface area contributed by atoms with E-state index in [4.69, 9.17) is 21.8 Å². The van der Waals surface area contributed by atoms with Crippen LogP contribution in [0.3, 0.4) is 0 Å². The van der Waals surface area contributed by atoms with E-state index in [0.717, 1.165) is 24.5 Å². The molecule has 0 aliphatic carbocycles. The number of halogens is 1. The predicted molar refractivity (Wildman–Crippen MR) is 73.4 cm³/mol. The fourth-order valence-corrected chi connectivity index (χ4v) is 3.76. The number of aliphatic hydroxyl groups excluding tert-OH is 1. The first kappa shape index (κ1) is 17.9. The molecule has 0 bridgehead atoms. The first-order valence-electron chi connectivity index (χ1n) is 5.34. The Labute approximate surface area is 126 Å². The lowest BCUT2D eigenvalue weighted by atomic mass is 10.3. The third-order valence-corrected chi connectivity index (χ3v) is 5.46. The predicted octanol–water partition coefficient (Wildman–Crippen LogP) is -0.533.